The van der Waals surface area contributed by atoms with Crippen molar-refractivity contribution in [2.45, 2.75) is 33.3 Å². The fourth-order valence-corrected chi connectivity index (χ4v) is 3.10. The van der Waals surface area contributed by atoms with Crippen LogP contribution in [-0.2, 0) is 24.2 Å². The molecule has 0 atom stereocenters. The van der Waals surface area contributed by atoms with E-state index >= 15 is 0 Å². The molecule has 0 aliphatic carbocycles. The fourth-order valence-electron chi connectivity index (χ4n) is 3.10. The van der Waals surface area contributed by atoms with Crippen LogP contribution in [0.1, 0.15) is 30.5 Å². The third kappa shape index (κ3) is 4.63. The first-order valence-electron chi connectivity index (χ1n) is 9.12. The molecular weight excluding hydrogens is 322 g/mol. The molecule has 1 N–H and O–H groups in total. The van der Waals surface area contributed by atoms with E-state index in [9.17, 15) is 4.79 Å². The van der Waals surface area contributed by atoms with Crippen molar-refractivity contribution in [3.05, 3.63) is 77.4 Å². The van der Waals surface area contributed by atoms with E-state index in [0.29, 0.717) is 13.2 Å². The molecule has 0 aliphatic heterocycles. The van der Waals surface area contributed by atoms with Crippen LogP contribution in [0.15, 0.2) is 60.7 Å². The maximum atomic E-state index is 11.2. The average Bonchev–Trinajstić information content (AvgIpc) is 2.66. The lowest BCUT2D eigenvalue weighted by Crippen LogP contribution is -2.22. The maximum absolute atomic E-state index is 11.2. The normalized spacial score (nSPS) is 10.7. The SMILES string of the molecule is CCc1cc(CCNC(C)=O)c2cc(OCc3ccccc3)ccc2c1. The molecule has 0 spiro atoms. The van der Waals surface area contributed by atoms with Gasteiger partial charge in [0.1, 0.15) is 12.4 Å². The van der Waals surface area contributed by atoms with Crippen LogP contribution >= 0.6 is 0 Å². The van der Waals surface area contributed by atoms with Gasteiger partial charge in [-0.3, -0.25) is 4.79 Å². The lowest BCUT2D eigenvalue weighted by Gasteiger charge is -2.13. The van der Waals surface area contributed by atoms with Crippen LogP contribution in [0.5, 0.6) is 5.75 Å². The van der Waals surface area contributed by atoms with Gasteiger partial charge in [0.2, 0.25) is 5.91 Å². The molecule has 1 amide bonds. The molecule has 134 valence electrons. The van der Waals surface area contributed by atoms with Crippen molar-refractivity contribution in [2.75, 3.05) is 6.54 Å². The minimum Gasteiger partial charge on any atom is -0.489 e. The number of hydrogen-bond donors (Lipinski definition) is 1. The number of fused-ring (bicyclic) bond motifs is 1. The van der Waals surface area contributed by atoms with Crippen molar-refractivity contribution in [3.8, 4) is 5.75 Å². The largest absolute Gasteiger partial charge is 0.489 e. The van der Waals surface area contributed by atoms with Crippen molar-refractivity contribution in [2.24, 2.45) is 0 Å². The number of carbonyl (C=O) groups excluding carboxylic acids is 1. The van der Waals surface area contributed by atoms with Gasteiger partial charge < -0.3 is 10.1 Å². The third-order valence-electron chi connectivity index (χ3n) is 4.50. The van der Waals surface area contributed by atoms with E-state index in [1.807, 2.05) is 24.3 Å². The molecule has 0 aliphatic rings. The second-order valence-corrected chi connectivity index (χ2v) is 6.50. The summed E-state index contributed by atoms with van der Waals surface area (Å²) in [5.41, 5.74) is 3.71. The van der Waals surface area contributed by atoms with E-state index in [0.717, 1.165) is 24.2 Å². The molecule has 0 saturated heterocycles. The van der Waals surface area contributed by atoms with Gasteiger partial charge in [-0.1, -0.05) is 55.5 Å². The van der Waals surface area contributed by atoms with E-state index in [4.69, 9.17) is 4.74 Å². The molecule has 3 aromatic rings. The summed E-state index contributed by atoms with van der Waals surface area (Å²) in [4.78, 5) is 11.2. The third-order valence-corrected chi connectivity index (χ3v) is 4.50. The predicted octanol–water partition coefficient (Wildman–Crippen LogP) is 4.66. The van der Waals surface area contributed by atoms with Crippen molar-refractivity contribution in [1.82, 2.24) is 5.32 Å². The van der Waals surface area contributed by atoms with Gasteiger partial charge in [0.25, 0.3) is 0 Å². The van der Waals surface area contributed by atoms with Gasteiger partial charge in [0, 0.05) is 13.5 Å². The molecule has 0 heterocycles. The number of amides is 1. The molecule has 0 unspecified atom stereocenters. The fraction of sp³-hybridized carbons (Fsp3) is 0.261. The number of ether oxygens (including phenoxy) is 1. The summed E-state index contributed by atoms with van der Waals surface area (Å²) in [6, 6.07) is 20.9. The summed E-state index contributed by atoms with van der Waals surface area (Å²) in [6.07, 6.45) is 1.81. The summed E-state index contributed by atoms with van der Waals surface area (Å²) >= 11 is 0. The molecule has 0 fully saturated rings. The van der Waals surface area contributed by atoms with E-state index in [1.54, 1.807) is 6.92 Å². The molecule has 3 rings (SSSR count). The lowest BCUT2D eigenvalue weighted by molar-refractivity contribution is -0.118. The van der Waals surface area contributed by atoms with Crippen LogP contribution in [0.2, 0.25) is 0 Å². The minimum absolute atomic E-state index is 0.00725. The summed E-state index contributed by atoms with van der Waals surface area (Å²) in [6.45, 7) is 4.92. The first-order valence-corrected chi connectivity index (χ1v) is 9.12. The summed E-state index contributed by atoms with van der Waals surface area (Å²) in [5, 5.41) is 5.30. The van der Waals surface area contributed by atoms with Crippen molar-refractivity contribution >= 4 is 16.7 Å². The van der Waals surface area contributed by atoms with Crippen LogP contribution in [0.4, 0.5) is 0 Å². The molecule has 3 aromatic carbocycles. The topological polar surface area (TPSA) is 38.3 Å². The Morgan fingerprint density at radius 2 is 1.81 bits per heavy atom. The number of carbonyl (C=O) groups is 1. The quantitative estimate of drug-likeness (QED) is 0.675. The van der Waals surface area contributed by atoms with Crippen molar-refractivity contribution in [3.63, 3.8) is 0 Å². The van der Waals surface area contributed by atoms with Gasteiger partial charge >= 0.3 is 0 Å². The Kier molecular flexibility index (Phi) is 5.90. The standard InChI is InChI=1S/C23H25NO2/c1-3-18-13-20-9-10-22(26-16-19-7-5-4-6-8-19)15-23(20)21(14-18)11-12-24-17(2)25/h4-10,13-15H,3,11-12,16H2,1-2H3,(H,24,25). The van der Waals surface area contributed by atoms with Crippen LogP contribution < -0.4 is 10.1 Å². The predicted molar refractivity (Wildman–Crippen MR) is 106 cm³/mol. The number of benzene rings is 3. The number of hydrogen-bond acceptors (Lipinski definition) is 2. The Balaban J connectivity index is 1.84. The second-order valence-electron chi connectivity index (χ2n) is 6.50. The zero-order valence-electron chi connectivity index (χ0n) is 15.4. The van der Waals surface area contributed by atoms with Gasteiger partial charge in [-0.15, -0.1) is 0 Å². The number of nitrogens with one attached hydrogen (secondary N) is 1. The van der Waals surface area contributed by atoms with Crippen molar-refractivity contribution in [1.29, 1.82) is 0 Å². The Morgan fingerprint density at radius 1 is 1.00 bits per heavy atom. The monoisotopic (exact) mass is 347 g/mol. The first kappa shape index (κ1) is 18.0. The van der Waals surface area contributed by atoms with E-state index in [-0.39, 0.29) is 5.91 Å². The Morgan fingerprint density at radius 3 is 2.54 bits per heavy atom. The van der Waals surface area contributed by atoms with Gasteiger partial charge in [-0.25, -0.2) is 0 Å². The van der Waals surface area contributed by atoms with Gasteiger partial charge in [0.05, 0.1) is 0 Å². The molecule has 0 saturated carbocycles. The zero-order chi connectivity index (χ0) is 18.4. The number of rotatable bonds is 7. The second kappa shape index (κ2) is 8.52. The maximum Gasteiger partial charge on any atom is 0.216 e. The van der Waals surface area contributed by atoms with Crippen LogP contribution in [0.25, 0.3) is 10.8 Å². The minimum atomic E-state index is 0.00725. The molecule has 0 bridgehead atoms. The smallest absolute Gasteiger partial charge is 0.216 e. The highest BCUT2D eigenvalue weighted by molar-refractivity contribution is 5.88. The van der Waals surface area contributed by atoms with E-state index < -0.39 is 0 Å². The van der Waals surface area contributed by atoms with Gasteiger partial charge in [-0.05, 0) is 52.4 Å². The van der Waals surface area contributed by atoms with Crippen LogP contribution in [0, 0.1) is 0 Å². The molecule has 0 aromatic heterocycles. The molecular formula is C23H25NO2. The zero-order valence-corrected chi connectivity index (χ0v) is 15.4. The Hall–Kier alpha value is -2.81. The highest BCUT2D eigenvalue weighted by atomic mass is 16.5. The van der Waals surface area contributed by atoms with Crippen molar-refractivity contribution < 1.29 is 9.53 Å². The molecule has 0 radical (unpaired) electrons. The highest BCUT2D eigenvalue weighted by Crippen LogP contribution is 2.27. The van der Waals surface area contributed by atoms with E-state index in [2.05, 4.69) is 48.6 Å². The van der Waals surface area contributed by atoms with E-state index in [1.165, 1.54) is 21.9 Å². The highest BCUT2D eigenvalue weighted by Gasteiger charge is 2.07. The summed E-state index contributed by atoms with van der Waals surface area (Å²) in [5.74, 6) is 0.874. The molecule has 3 heteroatoms. The van der Waals surface area contributed by atoms with Gasteiger partial charge in [0.15, 0.2) is 0 Å². The first-order chi connectivity index (χ1) is 12.7. The lowest BCUT2D eigenvalue weighted by atomic mass is 9.97. The summed E-state index contributed by atoms with van der Waals surface area (Å²) in [7, 11) is 0. The van der Waals surface area contributed by atoms with Crippen LogP contribution in [0.3, 0.4) is 0 Å². The Bertz CT molecular complexity index is 887. The Labute approximate surface area is 155 Å². The number of aryl methyl sites for hydroxylation is 1. The van der Waals surface area contributed by atoms with Gasteiger partial charge in [-0.2, -0.15) is 0 Å². The molecule has 3 nitrogen and oxygen atoms in total. The average molecular weight is 347 g/mol. The molecule has 26 heavy (non-hydrogen) atoms. The van der Waals surface area contributed by atoms with Crippen LogP contribution in [-0.4, -0.2) is 12.5 Å². The summed E-state index contributed by atoms with van der Waals surface area (Å²) < 4.78 is 5.98.